The molecule has 3 N–H and O–H groups in total. The van der Waals surface area contributed by atoms with Crippen LogP contribution in [0.4, 0.5) is 5.82 Å². The van der Waals surface area contributed by atoms with Gasteiger partial charge in [0.05, 0.1) is 0 Å². The highest BCUT2D eigenvalue weighted by Gasteiger charge is 1.96. The van der Waals surface area contributed by atoms with Crippen molar-refractivity contribution in [1.82, 2.24) is 9.97 Å². The van der Waals surface area contributed by atoms with E-state index in [0.29, 0.717) is 5.82 Å². The Hall–Kier alpha value is -0.810. The summed E-state index contributed by atoms with van der Waals surface area (Å²) in [6.07, 6.45) is 2.65. The van der Waals surface area contributed by atoms with Crippen LogP contribution in [0.25, 0.3) is 0 Å². The van der Waals surface area contributed by atoms with E-state index in [2.05, 4.69) is 22.3 Å². The van der Waals surface area contributed by atoms with Gasteiger partial charge in [-0.15, -0.1) is 11.8 Å². The van der Waals surface area contributed by atoms with E-state index in [-0.39, 0.29) is 0 Å². The smallest absolute Gasteiger partial charge is 0.144 e. The second kappa shape index (κ2) is 4.95. The summed E-state index contributed by atoms with van der Waals surface area (Å²) < 4.78 is 0. The summed E-state index contributed by atoms with van der Waals surface area (Å²) in [4.78, 5) is 7.99. The van der Waals surface area contributed by atoms with Gasteiger partial charge >= 0.3 is 0 Å². The molecule has 0 bridgehead atoms. The van der Waals surface area contributed by atoms with Crippen molar-refractivity contribution >= 4 is 17.6 Å². The highest BCUT2D eigenvalue weighted by molar-refractivity contribution is 7.99. The molecule has 0 aliphatic heterocycles. The molecule has 0 atom stereocenters. The number of nitrogen functional groups attached to an aromatic ring is 1. The second-order valence-electron chi connectivity index (χ2n) is 2.23. The molecule has 0 radical (unpaired) electrons. The van der Waals surface area contributed by atoms with Crippen LogP contribution in [0.1, 0.15) is 13.3 Å². The SMILES string of the molecule is CCCSc1cc(NN)ncn1. The van der Waals surface area contributed by atoms with Crippen LogP contribution in [0.5, 0.6) is 0 Å². The first-order valence-electron chi connectivity index (χ1n) is 3.78. The molecule has 66 valence electrons. The first-order valence-corrected chi connectivity index (χ1v) is 4.77. The zero-order valence-electron chi connectivity index (χ0n) is 6.95. The normalized spacial score (nSPS) is 9.83. The Kier molecular flexibility index (Phi) is 3.83. The Balaban J connectivity index is 2.60. The lowest BCUT2D eigenvalue weighted by Crippen LogP contribution is -2.08. The predicted molar refractivity (Wildman–Crippen MR) is 50.9 cm³/mol. The van der Waals surface area contributed by atoms with E-state index in [1.165, 1.54) is 6.33 Å². The fourth-order valence-electron chi connectivity index (χ4n) is 0.704. The number of aromatic nitrogens is 2. The van der Waals surface area contributed by atoms with E-state index < -0.39 is 0 Å². The number of rotatable bonds is 4. The van der Waals surface area contributed by atoms with Crippen molar-refractivity contribution in [2.45, 2.75) is 18.4 Å². The molecular weight excluding hydrogens is 172 g/mol. The molecule has 5 heteroatoms. The minimum atomic E-state index is 0.656. The standard InChI is InChI=1S/C7H12N4S/c1-2-3-12-7-4-6(11-8)9-5-10-7/h4-5H,2-3,8H2,1H3,(H,9,10,11). The van der Waals surface area contributed by atoms with Gasteiger partial charge < -0.3 is 5.43 Å². The van der Waals surface area contributed by atoms with Crippen molar-refractivity contribution in [3.63, 3.8) is 0 Å². The summed E-state index contributed by atoms with van der Waals surface area (Å²) in [5.41, 5.74) is 2.48. The Morgan fingerprint density at radius 1 is 1.58 bits per heavy atom. The van der Waals surface area contributed by atoms with Gasteiger partial charge in [0.15, 0.2) is 0 Å². The summed E-state index contributed by atoms with van der Waals surface area (Å²) >= 11 is 1.70. The monoisotopic (exact) mass is 184 g/mol. The quantitative estimate of drug-likeness (QED) is 0.319. The number of hydrogen-bond donors (Lipinski definition) is 2. The third kappa shape index (κ3) is 2.67. The number of hydrogen-bond acceptors (Lipinski definition) is 5. The number of hydrazine groups is 1. The topological polar surface area (TPSA) is 63.8 Å². The van der Waals surface area contributed by atoms with E-state index in [1.54, 1.807) is 11.8 Å². The van der Waals surface area contributed by atoms with Crippen molar-refractivity contribution in [3.8, 4) is 0 Å². The van der Waals surface area contributed by atoms with Gasteiger partial charge in [-0.25, -0.2) is 15.8 Å². The molecule has 0 saturated heterocycles. The van der Waals surface area contributed by atoms with Crippen molar-refractivity contribution < 1.29 is 0 Å². The first-order chi connectivity index (χ1) is 5.86. The largest absolute Gasteiger partial charge is 0.308 e. The molecule has 0 aliphatic carbocycles. The summed E-state index contributed by atoms with van der Waals surface area (Å²) in [5, 5.41) is 0.958. The third-order valence-corrected chi connectivity index (χ3v) is 2.38. The highest BCUT2D eigenvalue weighted by Crippen LogP contribution is 2.16. The fraction of sp³-hybridized carbons (Fsp3) is 0.429. The minimum Gasteiger partial charge on any atom is -0.308 e. The lowest BCUT2D eigenvalue weighted by atomic mass is 10.6. The summed E-state index contributed by atoms with van der Waals surface area (Å²) in [6, 6.07) is 1.83. The lowest BCUT2D eigenvalue weighted by molar-refractivity contribution is 1.03. The van der Waals surface area contributed by atoms with Crippen LogP contribution in [0, 0.1) is 0 Å². The van der Waals surface area contributed by atoms with Gasteiger partial charge in [0.2, 0.25) is 0 Å². The van der Waals surface area contributed by atoms with Crippen molar-refractivity contribution in [2.24, 2.45) is 5.84 Å². The third-order valence-electron chi connectivity index (χ3n) is 1.24. The maximum Gasteiger partial charge on any atom is 0.144 e. The summed E-state index contributed by atoms with van der Waals surface area (Å²) in [6.45, 7) is 2.14. The molecule has 1 aromatic rings. The van der Waals surface area contributed by atoms with Crippen LogP contribution in [0.15, 0.2) is 17.4 Å². The zero-order valence-corrected chi connectivity index (χ0v) is 7.77. The van der Waals surface area contributed by atoms with Crippen LogP contribution in [-0.4, -0.2) is 15.7 Å². The molecule has 0 spiro atoms. The number of nitrogens with one attached hydrogen (secondary N) is 1. The van der Waals surface area contributed by atoms with E-state index in [9.17, 15) is 0 Å². The lowest BCUT2D eigenvalue weighted by Gasteiger charge is -2.00. The zero-order chi connectivity index (χ0) is 8.81. The molecule has 1 aromatic heterocycles. The summed E-state index contributed by atoms with van der Waals surface area (Å²) in [7, 11) is 0. The van der Waals surface area contributed by atoms with Gasteiger partial charge in [-0.3, -0.25) is 0 Å². The van der Waals surface area contributed by atoms with Crippen molar-refractivity contribution in [1.29, 1.82) is 0 Å². The van der Waals surface area contributed by atoms with E-state index in [0.717, 1.165) is 17.2 Å². The first kappa shape index (κ1) is 9.28. The Morgan fingerprint density at radius 2 is 2.42 bits per heavy atom. The van der Waals surface area contributed by atoms with Gasteiger partial charge in [-0.1, -0.05) is 6.92 Å². The predicted octanol–water partition coefficient (Wildman–Crippen LogP) is 1.26. The van der Waals surface area contributed by atoms with Crippen LogP contribution >= 0.6 is 11.8 Å². The van der Waals surface area contributed by atoms with Crippen LogP contribution in [0.2, 0.25) is 0 Å². The minimum absolute atomic E-state index is 0.656. The Morgan fingerprint density at radius 3 is 3.08 bits per heavy atom. The average Bonchev–Trinajstić information content (AvgIpc) is 2.15. The number of anilines is 1. The molecule has 0 saturated carbocycles. The number of nitrogens with zero attached hydrogens (tertiary/aromatic N) is 2. The van der Waals surface area contributed by atoms with Gasteiger partial charge in [-0.05, 0) is 12.2 Å². The van der Waals surface area contributed by atoms with Crippen LogP contribution < -0.4 is 11.3 Å². The molecule has 4 nitrogen and oxygen atoms in total. The second-order valence-corrected chi connectivity index (χ2v) is 3.35. The van der Waals surface area contributed by atoms with Gasteiger partial charge in [0.1, 0.15) is 17.2 Å². The Labute approximate surface area is 75.9 Å². The molecular formula is C7H12N4S. The van der Waals surface area contributed by atoms with Crippen LogP contribution in [-0.2, 0) is 0 Å². The molecule has 0 unspecified atom stereocenters. The van der Waals surface area contributed by atoms with E-state index >= 15 is 0 Å². The summed E-state index contributed by atoms with van der Waals surface area (Å²) in [5.74, 6) is 6.92. The maximum absolute atomic E-state index is 5.20. The van der Waals surface area contributed by atoms with Crippen molar-refractivity contribution in [2.75, 3.05) is 11.2 Å². The molecule has 0 aliphatic rings. The number of thioether (sulfide) groups is 1. The van der Waals surface area contributed by atoms with Gasteiger partial charge in [0, 0.05) is 6.07 Å². The fourth-order valence-corrected chi connectivity index (χ4v) is 1.43. The van der Waals surface area contributed by atoms with Gasteiger partial charge in [-0.2, -0.15) is 0 Å². The molecule has 1 heterocycles. The van der Waals surface area contributed by atoms with E-state index in [4.69, 9.17) is 5.84 Å². The molecule has 1 rings (SSSR count). The number of nitrogens with two attached hydrogens (primary N) is 1. The van der Waals surface area contributed by atoms with Crippen LogP contribution in [0.3, 0.4) is 0 Å². The Bertz CT molecular complexity index is 241. The molecule has 0 aromatic carbocycles. The average molecular weight is 184 g/mol. The molecule has 0 amide bonds. The maximum atomic E-state index is 5.20. The molecule has 12 heavy (non-hydrogen) atoms. The highest BCUT2D eigenvalue weighted by atomic mass is 32.2. The van der Waals surface area contributed by atoms with E-state index in [1.807, 2.05) is 6.07 Å². The van der Waals surface area contributed by atoms with Gasteiger partial charge in [0.25, 0.3) is 0 Å². The molecule has 0 fully saturated rings. The van der Waals surface area contributed by atoms with Crippen molar-refractivity contribution in [3.05, 3.63) is 12.4 Å².